The van der Waals surface area contributed by atoms with Crippen LogP contribution in [0.15, 0.2) is 53.4 Å². The van der Waals surface area contributed by atoms with Crippen molar-refractivity contribution >= 4 is 34.0 Å². The third-order valence-electron chi connectivity index (χ3n) is 3.59. The van der Waals surface area contributed by atoms with Crippen molar-refractivity contribution in [1.82, 2.24) is 10.6 Å². The molecule has 0 aliphatic heterocycles. The monoisotopic (exact) mass is 431 g/mol. The van der Waals surface area contributed by atoms with Crippen LogP contribution in [0.4, 0.5) is 10.1 Å². The van der Waals surface area contributed by atoms with Crippen LogP contribution in [-0.4, -0.2) is 47.7 Å². The van der Waals surface area contributed by atoms with Crippen LogP contribution in [-0.2, 0) is 14.8 Å². The zero-order valence-corrected chi connectivity index (χ0v) is 16.9. The lowest BCUT2D eigenvalue weighted by molar-refractivity contribution is 0.0953. The number of ether oxygens (including phenoxy) is 1. The van der Waals surface area contributed by atoms with Crippen LogP contribution in [0, 0.1) is 5.82 Å². The molecular formula is C18H23ClFN3O4S. The van der Waals surface area contributed by atoms with Crippen molar-refractivity contribution in [2.24, 2.45) is 0 Å². The fraction of sp³-hybridized carbons (Fsp3) is 0.278. The van der Waals surface area contributed by atoms with E-state index in [0.29, 0.717) is 37.5 Å². The second kappa shape index (κ2) is 11.6. The Morgan fingerprint density at radius 2 is 1.64 bits per heavy atom. The van der Waals surface area contributed by atoms with Gasteiger partial charge in [-0.2, -0.15) is 0 Å². The Morgan fingerprint density at radius 1 is 1.00 bits per heavy atom. The zero-order valence-electron chi connectivity index (χ0n) is 15.3. The summed E-state index contributed by atoms with van der Waals surface area (Å²) in [5.41, 5.74) is 0.716. The first-order chi connectivity index (χ1) is 12.9. The van der Waals surface area contributed by atoms with E-state index in [0.717, 1.165) is 12.1 Å². The highest BCUT2D eigenvalue weighted by Gasteiger charge is 2.14. The predicted molar refractivity (Wildman–Crippen MR) is 108 cm³/mol. The van der Waals surface area contributed by atoms with E-state index in [1.54, 1.807) is 7.11 Å². The molecule has 0 bridgehead atoms. The minimum absolute atomic E-state index is 0. The van der Waals surface area contributed by atoms with Gasteiger partial charge in [0.05, 0.1) is 11.5 Å². The van der Waals surface area contributed by atoms with E-state index >= 15 is 0 Å². The summed E-state index contributed by atoms with van der Waals surface area (Å²) in [7, 11) is -2.21. The van der Waals surface area contributed by atoms with Gasteiger partial charge in [-0.25, -0.2) is 12.8 Å². The molecule has 2 aromatic carbocycles. The van der Waals surface area contributed by atoms with Gasteiger partial charge in [-0.1, -0.05) is 0 Å². The van der Waals surface area contributed by atoms with Gasteiger partial charge in [-0.05, 0) is 48.5 Å². The molecular weight excluding hydrogens is 409 g/mol. The maximum atomic E-state index is 12.9. The van der Waals surface area contributed by atoms with Gasteiger partial charge in [-0.15, -0.1) is 12.4 Å². The van der Waals surface area contributed by atoms with E-state index in [4.69, 9.17) is 4.74 Å². The number of halogens is 2. The Labute approximate surface area is 170 Å². The van der Waals surface area contributed by atoms with Crippen LogP contribution in [0.25, 0.3) is 0 Å². The number of carbonyl (C=O) groups is 1. The number of hydrogen-bond acceptors (Lipinski definition) is 5. The van der Waals surface area contributed by atoms with E-state index in [2.05, 4.69) is 15.4 Å². The summed E-state index contributed by atoms with van der Waals surface area (Å²) in [4.78, 5) is 12.0. The van der Waals surface area contributed by atoms with Crippen LogP contribution in [0.2, 0.25) is 0 Å². The van der Waals surface area contributed by atoms with Gasteiger partial charge in [0.25, 0.3) is 15.9 Å². The lowest BCUT2D eigenvalue weighted by Crippen LogP contribution is -2.33. The molecule has 0 saturated heterocycles. The molecule has 28 heavy (non-hydrogen) atoms. The molecule has 0 fully saturated rings. The Balaban J connectivity index is 0.00000392. The summed E-state index contributed by atoms with van der Waals surface area (Å²) in [6.07, 6.45) is 0. The Bertz CT molecular complexity index is 846. The summed E-state index contributed by atoms with van der Waals surface area (Å²) in [6.45, 7) is 2.38. The smallest absolute Gasteiger partial charge is 0.261 e. The highest BCUT2D eigenvalue weighted by molar-refractivity contribution is 7.92. The molecule has 0 radical (unpaired) electrons. The van der Waals surface area contributed by atoms with Crippen molar-refractivity contribution < 1.29 is 22.3 Å². The van der Waals surface area contributed by atoms with Gasteiger partial charge in [0.2, 0.25) is 0 Å². The standard InChI is InChI=1S/C18H22FN3O4S.ClH/c1-26-13-12-20-10-11-21-18(23)14-2-6-16(7-3-14)22-27(24,25)17-8-4-15(19)5-9-17;/h2-9,20,22H,10-13H2,1H3,(H,21,23);1H. The lowest BCUT2D eigenvalue weighted by atomic mass is 10.2. The first-order valence-electron chi connectivity index (χ1n) is 8.29. The molecule has 0 unspecified atom stereocenters. The van der Waals surface area contributed by atoms with E-state index in [9.17, 15) is 17.6 Å². The first kappa shape index (κ1) is 23.8. The fourth-order valence-electron chi connectivity index (χ4n) is 2.18. The predicted octanol–water partition coefficient (Wildman–Crippen LogP) is 2.01. The summed E-state index contributed by atoms with van der Waals surface area (Å²) in [6, 6.07) is 10.5. The molecule has 7 nitrogen and oxygen atoms in total. The number of amides is 1. The summed E-state index contributed by atoms with van der Waals surface area (Å²) in [5, 5.41) is 5.87. The van der Waals surface area contributed by atoms with Crippen LogP contribution in [0.3, 0.4) is 0 Å². The van der Waals surface area contributed by atoms with Crippen molar-refractivity contribution in [1.29, 1.82) is 0 Å². The quantitative estimate of drug-likeness (QED) is 0.500. The summed E-state index contributed by atoms with van der Waals surface area (Å²) < 4.78 is 44.7. The van der Waals surface area contributed by atoms with Crippen LogP contribution < -0.4 is 15.4 Å². The number of sulfonamides is 1. The molecule has 2 rings (SSSR count). The normalized spacial score (nSPS) is 10.8. The van der Waals surface area contributed by atoms with Gasteiger partial charge in [0, 0.05) is 38.0 Å². The lowest BCUT2D eigenvalue weighted by Gasteiger charge is -2.09. The van der Waals surface area contributed by atoms with Crippen molar-refractivity contribution in [3.8, 4) is 0 Å². The molecule has 0 heterocycles. The minimum Gasteiger partial charge on any atom is -0.383 e. The summed E-state index contributed by atoms with van der Waals surface area (Å²) >= 11 is 0. The topological polar surface area (TPSA) is 96.5 Å². The van der Waals surface area contributed by atoms with Gasteiger partial charge in [0.15, 0.2) is 0 Å². The highest BCUT2D eigenvalue weighted by Crippen LogP contribution is 2.17. The third-order valence-corrected chi connectivity index (χ3v) is 4.99. The van der Waals surface area contributed by atoms with Gasteiger partial charge >= 0.3 is 0 Å². The maximum Gasteiger partial charge on any atom is 0.261 e. The van der Waals surface area contributed by atoms with Crippen LogP contribution in [0.1, 0.15) is 10.4 Å². The fourth-order valence-corrected chi connectivity index (χ4v) is 3.24. The third kappa shape index (κ3) is 7.43. The van der Waals surface area contributed by atoms with Crippen LogP contribution >= 0.6 is 12.4 Å². The molecule has 0 aliphatic rings. The summed E-state index contributed by atoms with van der Waals surface area (Å²) in [5.74, 6) is -0.769. The Morgan fingerprint density at radius 3 is 2.25 bits per heavy atom. The average molecular weight is 432 g/mol. The molecule has 10 heteroatoms. The largest absolute Gasteiger partial charge is 0.383 e. The van der Waals surface area contributed by atoms with Crippen molar-refractivity contribution in [2.75, 3.05) is 38.1 Å². The van der Waals surface area contributed by atoms with Crippen molar-refractivity contribution in [2.45, 2.75) is 4.90 Å². The number of carbonyl (C=O) groups excluding carboxylic acids is 1. The van der Waals surface area contributed by atoms with E-state index in [-0.39, 0.29) is 23.2 Å². The molecule has 0 spiro atoms. The molecule has 1 amide bonds. The van der Waals surface area contributed by atoms with E-state index in [1.165, 1.54) is 36.4 Å². The van der Waals surface area contributed by atoms with E-state index < -0.39 is 15.8 Å². The molecule has 3 N–H and O–H groups in total. The highest BCUT2D eigenvalue weighted by atomic mass is 35.5. The van der Waals surface area contributed by atoms with Crippen molar-refractivity contribution in [3.05, 3.63) is 59.9 Å². The number of anilines is 1. The van der Waals surface area contributed by atoms with E-state index in [1.807, 2.05) is 0 Å². The number of rotatable bonds is 10. The van der Waals surface area contributed by atoms with Crippen LogP contribution in [0.5, 0.6) is 0 Å². The molecule has 0 aliphatic carbocycles. The Kier molecular flexibility index (Phi) is 9.88. The second-order valence-corrected chi connectivity index (χ2v) is 7.32. The number of nitrogens with one attached hydrogen (secondary N) is 3. The zero-order chi connectivity index (χ0) is 19.7. The SMILES string of the molecule is COCCNCCNC(=O)c1ccc(NS(=O)(=O)c2ccc(F)cc2)cc1.Cl. The molecule has 2 aromatic rings. The Hall–Kier alpha value is -2.20. The van der Waals surface area contributed by atoms with Gasteiger partial charge in [0.1, 0.15) is 5.82 Å². The first-order valence-corrected chi connectivity index (χ1v) is 9.77. The maximum absolute atomic E-state index is 12.9. The molecule has 0 saturated carbocycles. The number of hydrogen-bond donors (Lipinski definition) is 3. The number of benzene rings is 2. The van der Waals surface area contributed by atoms with Gasteiger partial charge < -0.3 is 15.4 Å². The van der Waals surface area contributed by atoms with Crippen molar-refractivity contribution in [3.63, 3.8) is 0 Å². The molecule has 0 aromatic heterocycles. The second-order valence-electron chi connectivity index (χ2n) is 5.64. The number of methoxy groups -OCH3 is 1. The molecule has 154 valence electrons. The minimum atomic E-state index is -3.82. The average Bonchev–Trinajstić information content (AvgIpc) is 2.65. The molecule has 0 atom stereocenters. The van der Waals surface area contributed by atoms with Gasteiger partial charge in [-0.3, -0.25) is 9.52 Å².